The van der Waals surface area contributed by atoms with E-state index in [9.17, 15) is 0 Å². The first-order valence-corrected chi connectivity index (χ1v) is 7.19. The second kappa shape index (κ2) is 7.14. The molecule has 0 saturated carbocycles. The Kier molecular flexibility index (Phi) is 5.23. The average Bonchev–Trinajstić information content (AvgIpc) is 2.52. The van der Waals surface area contributed by atoms with Crippen molar-refractivity contribution in [3.8, 4) is 22.6 Å². The van der Waals surface area contributed by atoms with Crippen molar-refractivity contribution in [2.45, 2.75) is 26.4 Å². The molecule has 0 aromatic heterocycles. The minimum Gasteiger partial charge on any atom is -0.497 e. The number of methoxy groups -OCH3 is 2. The van der Waals surface area contributed by atoms with Gasteiger partial charge in [-0.05, 0) is 29.3 Å². The smallest absolute Gasteiger partial charge is 0.126 e. The van der Waals surface area contributed by atoms with Gasteiger partial charge < -0.3 is 14.8 Å². The summed E-state index contributed by atoms with van der Waals surface area (Å²) in [6.07, 6.45) is 0. The highest BCUT2D eigenvalue weighted by Crippen LogP contribution is 2.33. The summed E-state index contributed by atoms with van der Waals surface area (Å²) in [7, 11) is 3.39. The predicted octanol–water partition coefficient (Wildman–Crippen LogP) is 3.87. The van der Waals surface area contributed by atoms with E-state index in [2.05, 4.69) is 37.4 Å². The molecule has 0 amide bonds. The number of para-hydroxylation sites is 1. The molecule has 0 aliphatic rings. The lowest BCUT2D eigenvalue weighted by atomic mass is 9.98. The molecule has 0 atom stereocenters. The van der Waals surface area contributed by atoms with Crippen molar-refractivity contribution >= 4 is 0 Å². The molecule has 0 spiro atoms. The van der Waals surface area contributed by atoms with E-state index in [4.69, 9.17) is 9.47 Å². The van der Waals surface area contributed by atoms with Crippen LogP contribution in [0.2, 0.25) is 0 Å². The quantitative estimate of drug-likeness (QED) is 0.874. The monoisotopic (exact) mass is 285 g/mol. The van der Waals surface area contributed by atoms with Gasteiger partial charge in [-0.15, -0.1) is 0 Å². The molecule has 3 nitrogen and oxygen atoms in total. The summed E-state index contributed by atoms with van der Waals surface area (Å²) in [5, 5.41) is 3.46. The Balaban J connectivity index is 2.46. The highest BCUT2D eigenvalue weighted by Gasteiger charge is 2.11. The van der Waals surface area contributed by atoms with Crippen LogP contribution in [0.1, 0.15) is 19.4 Å². The molecule has 0 radical (unpaired) electrons. The van der Waals surface area contributed by atoms with E-state index in [1.165, 1.54) is 11.1 Å². The van der Waals surface area contributed by atoms with Crippen LogP contribution in [0.25, 0.3) is 11.1 Å². The van der Waals surface area contributed by atoms with E-state index in [1.807, 2.05) is 24.3 Å². The molecule has 0 aliphatic heterocycles. The van der Waals surface area contributed by atoms with Crippen molar-refractivity contribution in [1.82, 2.24) is 5.32 Å². The first-order chi connectivity index (χ1) is 10.2. The highest BCUT2D eigenvalue weighted by molar-refractivity contribution is 5.74. The largest absolute Gasteiger partial charge is 0.497 e. The van der Waals surface area contributed by atoms with Gasteiger partial charge in [0.25, 0.3) is 0 Å². The third-order valence-corrected chi connectivity index (χ3v) is 3.41. The maximum atomic E-state index is 5.49. The van der Waals surface area contributed by atoms with Crippen molar-refractivity contribution in [2.75, 3.05) is 14.2 Å². The number of hydrogen-bond donors (Lipinski definition) is 1. The lowest BCUT2D eigenvalue weighted by Crippen LogP contribution is -2.22. The van der Waals surface area contributed by atoms with Gasteiger partial charge in [0, 0.05) is 18.2 Å². The van der Waals surface area contributed by atoms with E-state index < -0.39 is 0 Å². The molecular weight excluding hydrogens is 262 g/mol. The van der Waals surface area contributed by atoms with Gasteiger partial charge in [0.1, 0.15) is 11.5 Å². The molecular formula is C18H23NO2. The molecule has 1 N–H and O–H groups in total. The lowest BCUT2D eigenvalue weighted by molar-refractivity contribution is 0.413. The Labute approximate surface area is 126 Å². The van der Waals surface area contributed by atoms with Crippen LogP contribution in [0.4, 0.5) is 0 Å². The van der Waals surface area contributed by atoms with Crippen molar-refractivity contribution in [3.05, 3.63) is 48.0 Å². The van der Waals surface area contributed by atoms with Gasteiger partial charge in [-0.25, -0.2) is 0 Å². The average molecular weight is 285 g/mol. The number of benzene rings is 2. The fourth-order valence-corrected chi connectivity index (χ4v) is 2.29. The van der Waals surface area contributed by atoms with Crippen molar-refractivity contribution in [3.63, 3.8) is 0 Å². The summed E-state index contributed by atoms with van der Waals surface area (Å²) in [4.78, 5) is 0. The van der Waals surface area contributed by atoms with E-state index in [1.54, 1.807) is 14.2 Å². The van der Waals surface area contributed by atoms with Gasteiger partial charge in [0.05, 0.1) is 14.2 Å². The molecule has 0 bridgehead atoms. The lowest BCUT2D eigenvalue weighted by Gasteiger charge is -2.16. The molecule has 0 unspecified atom stereocenters. The Morgan fingerprint density at radius 3 is 2.38 bits per heavy atom. The number of nitrogens with one attached hydrogen (secondary N) is 1. The first-order valence-electron chi connectivity index (χ1n) is 7.19. The SMILES string of the molecule is COc1ccc(-c2ccccc2OC)c(CNC(C)C)c1. The van der Waals surface area contributed by atoms with Crippen LogP contribution in [-0.2, 0) is 6.54 Å². The van der Waals surface area contributed by atoms with Crippen LogP contribution in [0.15, 0.2) is 42.5 Å². The molecule has 112 valence electrons. The van der Waals surface area contributed by atoms with Crippen LogP contribution in [0.5, 0.6) is 11.5 Å². The standard InChI is InChI=1S/C18H23NO2/c1-13(2)19-12-14-11-15(20-3)9-10-16(14)17-7-5-6-8-18(17)21-4/h5-11,13,19H,12H2,1-4H3. The fourth-order valence-electron chi connectivity index (χ4n) is 2.29. The van der Waals surface area contributed by atoms with Crippen LogP contribution in [0, 0.1) is 0 Å². The van der Waals surface area contributed by atoms with Crippen LogP contribution < -0.4 is 14.8 Å². The van der Waals surface area contributed by atoms with E-state index in [-0.39, 0.29) is 0 Å². The van der Waals surface area contributed by atoms with E-state index >= 15 is 0 Å². The zero-order chi connectivity index (χ0) is 15.2. The van der Waals surface area contributed by atoms with Crippen molar-refractivity contribution in [1.29, 1.82) is 0 Å². The Morgan fingerprint density at radius 2 is 1.71 bits per heavy atom. The van der Waals surface area contributed by atoms with E-state index in [0.29, 0.717) is 6.04 Å². The van der Waals surface area contributed by atoms with Crippen molar-refractivity contribution in [2.24, 2.45) is 0 Å². The van der Waals surface area contributed by atoms with Crippen LogP contribution in [-0.4, -0.2) is 20.3 Å². The molecule has 21 heavy (non-hydrogen) atoms. The highest BCUT2D eigenvalue weighted by atomic mass is 16.5. The molecule has 0 saturated heterocycles. The van der Waals surface area contributed by atoms with Gasteiger partial charge in [-0.2, -0.15) is 0 Å². The molecule has 2 aromatic carbocycles. The van der Waals surface area contributed by atoms with Gasteiger partial charge >= 0.3 is 0 Å². The normalized spacial score (nSPS) is 10.7. The second-order valence-electron chi connectivity index (χ2n) is 5.26. The topological polar surface area (TPSA) is 30.5 Å². The second-order valence-corrected chi connectivity index (χ2v) is 5.26. The third kappa shape index (κ3) is 3.76. The van der Waals surface area contributed by atoms with E-state index in [0.717, 1.165) is 23.6 Å². The summed E-state index contributed by atoms with van der Waals surface area (Å²) in [5.41, 5.74) is 3.47. The summed E-state index contributed by atoms with van der Waals surface area (Å²) < 4.78 is 10.8. The third-order valence-electron chi connectivity index (χ3n) is 3.41. The summed E-state index contributed by atoms with van der Waals surface area (Å²) in [6.45, 7) is 5.08. The molecule has 2 aromatic rings. The van der Waals surface area contributed by atoms with Gasteiger partial charge in [0.15, 0.2) is 0 Å². The zero-order valence-electron chi connectivity index (χ0n) is 13.1. The fraction of sp³-hybridized carbons (Fsp3) is 0.333. The summed E-state index contributed by atoms with van der Waals surface area (Å²) >= 11 is 0. The minimum atomic E-state index is 0.432. The number of hydrogen-bond acceptors (Lipinski definition) is 3. The minimum absolute atomic E-state index is 0.432. The van der Waals surface area contributed by atoms with Crippen LogP contribution in [0.3, 0.4) is 0 Å². The van der Waals surface area contributed by atoms with Crippen molar-refractivity contribution < 1.29 is 9.47 Å². The molecule has 3 heteroatoms. The Hall–Kier alpha value is -2.00. The maximum absolute atomic E-state index is 5.49. The van der Waals surface area contributed by atoms with Gasteiger partial charge in [-0.3, -0.25) is 0 Å². The Bertz CT molecular complexity index is 594. The molecule has 0 fully saturated rings. The molecule has 0 heterocycles. The summed E-state index contributed by atoms with van der Waals surface area (Å²) in [5.74, 6) is 1.75. The predicted molar refractivity (Wildman–Crippen MR) is 87.0 cm³/mol. The molecule has 0 aliphatic carbocycles. The maximum Gasteiger partial charge on any atom is 0.126 e. The zero-order valence-corrected chi connectivity index (χ0v) is 13.1. The van der Waals surface area contributed by atoms with Crippen LogP contribution >= 0.6 is 0 Å². The number of ether oxygens (including phenoxy) is 2. The first kappa shape index (κ1) is 15.4. The number of rotatable bonds is 6. The Morgan fingerprint density at radius 1 is 0.952 bits per heavy atom. The summed E-state index contributed by atoms with van der Waals surface area (Å²) in [6, 6.07) is 14.7. The van der Waals surface area contributed by atoms with Gasteiger partial charge in [-0.1, -0.05) is 38.1 Å². The molecule has 2 rings (SSSR count). The van der Waals surface area contributed by atoms with Gasteiger partial charge in [0.2, 0.25) is 0 Å².